The molecule has 0 aliphatic carbocycles. The molecule has 0 bridgehead atoms. The van der Waals surface area contributed by atoms with Crippen molar-refractivity contribution in [1.82, 2.24) is 0 Å². The van der Waals surface area contributed by atoms with E-state index in [4.69, 9.17) is 0 Å². The van der Waals surface area contributed by atoms with Gasteiger partial charge in [0.25, 0.3) is 0 Å². The van der Waals surface area contributed by atoms with Gasteiger partial charge in [-0.05, 0) is 32.1 Å². The van der Waals surface area contributed by atoms with Crippen LogP contribution in [0.5, 0.6) is 0 Å². The van der Waals surface area contributed by atoms with Crippen molar-refractivity contribution >= 4 is 0 Å². The van der Waals surface area contributed by atoms with E-state index in [1.807, 2.05) is 6.08 Å². The SMILES string of the molecule is C=CCCC/C=C/CCCCCCCCCCCCCCCCCC. The summed E-state index contributed by atoms with van der Waals surface area (Å²) in [5.41, 5.74) is 0. The van der Waals surface area contributed by atoms with Crippen LogP contribution >= 0.6 is 0 Å². The van der Waals surface area contributed by atoms with E-state index in [0.717, 1.165) is 6.42 Å². The lowest BCUT2D eigenvalue weighted by Gasteiger charge is -2.03. The molecule has 0 aromatic rings. The maximum atomic E-state index is 3.76. The summed E-state index contributed by atoms with van der Waals surface area (Å²) in [6, 6.07) is 0. The molecule has 0 saturated carbocycles. The first kappa shape index (κ1) is 24.5. The van der Waals surface area contributed by atoms with E-state index in [1.165, 1.54) is 122 Å². The molecule has 0 fully saturated rings. The number of rotatable bonds is 21. The third kappa shape index (κ3) is 23.5. The van der Waals surface area contributed by atoms with Crippen LogP contribution in [-0.2, 0) is 0 Å². The second-order valence-electron chi connectivity index (χ2n) is 7.78. The summed E-state index contributed by atoms with van der Waals surface area (Å²) in [5, 5.41) is 0. The molecule has 0 aromatic carbocycles. The Morgan fingerprint density at radius 3 is 1.20 bits per heavy atom. The lowest BCUT2D eigenvalue weighted by molar-refractivity contribution is 0.530. The van der Waals surface area contributed by atoms with Crippen molar-refractivity contribution in [2.24, 2.45) is 0 Å². The predicted molar refractivity (Wildman–Crippen MR) is 117 cm³/mol. The number of unbranched alkanes of at least 4 members (excludes halogenated alkanes) is 18. The highest BCUT2D eigenvalue weighted by atomic mass is 14.0. The Kier molecular flexibility index (Phi) is 23.0. The van der Waals surface area contributed by atoms with Gasteiger partial charge >= 0.3 is 0 Å². The highest BCUT2D eigenvalue weighted by molar-refractivity contribution is 4.82. The standard InChI is InChI=1S/C25H48/c1-3-5-7-9-11-13-15-17-19-21-23-25-24-22-20-18-16-14-12-10-8-6-4-2/h3,11,13H,1,4-10,12,14-25H2,2H3/b13-11+. The Morgan fingerprint density at radius 2 is 0.800 bits per heavy atom. The van der Waals surface area contributed by atoms with Crippen molar-refractivity contribution in [3.05, 3.63) is 24.8 Å². The third-order valence-corrected chi connectivity index (χ3v) is 5.17. The molecule has 0 spiro atoms. The van der Waals surface area contributed by atoms with E-state index < -0.39 is 0 Å². The number of allylic oxidation sites excluding steroid dienone is 3. The van der Waals surface area contributed by atoms with Crippen molar-refractivity contribution in [2.75, 3.05) is 0 Å². The first-order chi connectivity index (χ1) is 12.4. The third-order valence-electron chi connectivity index (χ3n) is 5.17. The highest BCUT2D eigenvalue weighted by Gasteiger charge is 1.94. The number of hydrogen-bond acceptors (Lipinski definition) is 0. The molecule has 0 heteroatoms. The molecule has 0 radical (unpaired) electrons. The van der Waals surface area contributed by atoms with E-state index in [0.29, 0.717) is 0 Å². The molecule has 0 aliphatic rings. The van der Waals surface area contributed by atoms with Gasteiger partial charge < -0.3 is 0 Å². The van der Waals surface area contributed by atoms with Gasteiger partial charge in [-0.2, -0.15) is 0 Å². The average Bonchev–Trinajstić information content (AvgIpc) is 2.63. The van der Waals surface area contributed by atoms with Crippen LogP contribution in [0.25, 0.3) is 0 Å². The first-order valence-electron chi connectivity index (χ1n) is 11.7. The van der Waals surface area contributed by atoms with Crippen LogP contribution < -0.4 is 0 Å². The zero-order chi connectivity index (χ0) is 18.3. The Labute approximate surface area is 160 Å². The normalized spacial score (nSPS) is 11.4. The van der Waals surface area contributed by atoms with Crippen LogP contribution in [-0.4, -0.2) is 0 Å². The first-order valence-corrected chi connectivity index (χ1v) is 11.7. The van der Waals surface area contributed by atoms with Gasteiger partial charge in [-0.15, -0.1) is 6.58 Å². The lowest BCUT2D eigenvalue weighted by atomic mass is 10.0. The Bertz CT molecular complexity index is 263. The topological polar surface area (TPSA) is 0 Å². The molecular weight excluding hydrogens is 300 g/mol. The van der Waals surface area contributed by atoms with Gasteiger partial charge in [-0.25, -0.2) is 0 Å². The summed E-state index contributed by atoms with van der Waals surface area (Å²) >= 11 is 0. The van der Waals surface area contributed by atoms with E-state index in [1.54, 1.807) is 0 Å². The molecule has 25 heavy (non-hydrogen) atoms. The minimum Gasteiger partial charge on any atom is -0.103 e. The van der Waals surface area contributed by atoms with Gasteiger partial charge in [-0.1, -0.05) is 121 Å². The lowest BCUT2D eigenvalue weighted by Crippen LogP contribution is -1.83. The van der Waals surface area contributed by atoms with Crippen molar-refractivity contribution < 1.29 is 0 Å². The molecule has 0 rings (SSSR count). The van der Waals surface area contributed by atoms with Crippen LogP contribution in [0.1, 0.15) is 135 Å². The van der Waals surface area contributed by atoms with Crippen LogP contribution in [0.2, 0.25) is 0 Å². The zero-order valence-electron chi connectivity index (χ0n) is 17.6. The van der Waals surface area contributed by atoms with Gasteiger partial charge in [0, 0.05) is 0 Å². The molecule has 0 nitrogen and oxygen atoms in total. The monoisotopic (exact) mass is 348 g/mol. The maximum absolute atomic E-state index is 3.76. The fraction of sp³-hybridized carbons (Fsp3) is 0.840. The molecule has 0 aromatic heterocycles. The fourth-order valence-corrected chi connectivity index (χ4v) is 3.43. The summed E-state index contributed by atoms with van der Waals surface area (Å²) in [7, 11) is 0. The second kappa shape index (κ2) is 23.5. The molecule has 0 heterocycles. The minimum absolute atomic E-state index is 1.16. The molecule has 0 aliphatic heterocycles. The van der Waals surface area contributed by atoms with Crippen molar-refractivity contribution in [3.8, 4) is 0 Å². The molecule has 0 N–H and O–H groups in total. The second-order valence-corrected chi connectivity index (χ2v) is 7.78. The number of hydrogen-bond donors (Lipinski definition) is 0. The van der Waals surface area contributed by atoms with E-state index in [9.17, 15) is 0 Å². The van der Waals surface area contributed by atoms with E-state index in [2.05, 4.69) is 25.7 Å². The van der Waals surface area contributed by atoms with Gasteiger partial charge in [0.1, 0.15) is 0 Å². The van der Waals surface area contributed by atoms with Crippen molar-refractivity contribution in [3.63, 3.8) is 0 Å². The van der Waals surface area contributed by atoms with Crippen LogP contribution in [0.4, 0.5) is 0 Å². The summed E-state index contributed by atoms with van der Waals surface area (Å²) in [5.74, 6) is 0. The van der Waals surface area contributed by atoms with Gasteiger partial charge in [0.15, 0.2) is 0 Å². The predicted octanol–water partition coefficient (Wildman–Crippen LogP) is 9.55. The maximum Gasteiger partial charge on any atom is -0.0348 e. The van der Waals surface area contributed by atoms with Crippen LogP contribution in [0, 0.1) is 0 Å². The summed E-state index contributed by atoms with van der Waals surface area (Å²) in [6.45, 7) is 6.06. The van der Waals surface area contributed by atoms with Crippen LogP contribution in [0.15, 0.2) is 24.8 Å². The van der Waals surface area contributed by atoms with Crippen molar-refractivity contribution in [2.45, 2.75) is 135 Å². The van der Waals surface area contributed by atoms with Gasteiger partial charge in [-0.3, -0.25) is 0 Å². The molecule has 148 valence electrons. The molecule has 0 atom stereocenters. The van der Waals surface area contributed by atoms with Crippen LogP contribution in [0.3, 0.4) is 0 Å². The molecule has 0 saturated heterocycles. The molecule has 0 unspecified atom stereocenters. The Morgan fingerprint density at radius 1 is 0.440 bits per heavy atom. The summed E-state index contributed by atoms with van der Waals surface area (Å²) in [6.07, 6.45) is 34.9. The summed E-state index contributed by atoms with van der Waals surface area (Å²) in [4.78, 5) is 0. The zero-order valence-corrected chi connectivity index (χ0v) is 17.6. The van der Waals surface area contributed by atoms with Crippen molar-refractivity contribution in [1.29, 1.82) is 0 Å². The molecular formula is C25H48. The van der Waals surface area contributed by atoms with Gasteiger partial charge in [0.05, 0.1) is 0 Å². The quantitative estimate of drug-likeness (QED) is 0.143. The van der Waals surface area contributed by atoms with E-state index in [-0.39, 0.29) is 0 Å². The van der Waals surface area contributed by atoms with Gasteiger partial charge in [0.2, 0.25) is 0 Å². The highest BCUT2D eigenvalue weighted by Crippen LogP contribution is 2.14. The smallest absolute Gasteiger partial charge is 0.0348 e. The largest absolute Gasteiger partial charge is 0.103 e. The van der Waals surface area contributed by atoms with E-state index >= 15 is 0 Å². The minimum atomic E-state index is 1.16. The Hall–Kier alpha value is -0.520. The molecule has 0 amide bonds. The summed E-state index contributed by atoms with van der Waals surface area (Å²) < 4.78 is 0. The fourth-order valence-electron chi connectivity index (χ4n) is 3.43. The average molecular weight is 349 g/mol. The Balaban J connectivity index is 3.01.